The van der Waals surface area contributed by atoms with Crippen LogP contribution in [0.15, 0.2) is 0 Å². The van der Waals surface area contributed by atoms with Crippen molar-refractivity contribution in [2.45, 2.75) is 60.1 Å². The second-order valence-electron chi connectivity index (χ2n) is 4.43. The maximum absolute atomic E-state index is 9.41. The Bertz CT molecular complexity index is 331. The molecule has 0 aliphatic carbocycles. The number of aryl methyl sites for hydroxylation is 1. The Labute approximate surface area is 98.5 Å². The van der Waals surface area contributed by atoms with Gasteiger partial charge in [-0.3, -0.25) is 4.68 Å². The molecule has 0 aromatic carbocycles. The van der Waals surface area contributed by atoms with Crippen LogP contribution in [-0.2, 0) is 26.0 Å². The highest BCUT2D eigenvalue weighted by molar-refractivity contribution is 5.26. The van der Waals surface area contributed by atoms with E-state index in [1.54, 1.807) is 0 Å². The van der Waals surface area contributed by atoms with Crippen molar-refractivity contribution in [1.29, 1.82) is 0 Å². The van der Waals surface area contributed by atoms with Crippen LogP contribution >= 0.6 is 0 Å². The smallest absolute Gasteiger partial charge is 0.0718 e. The van der Waals surface area contributed by atoms with Gasteiger partial charge in [-0.05, 0) is 18.8 Å². The molecule has 0 aliphatic heterocycles. The Morgan fingerprint density at radius 3 is 2.38 bits per heavy atom. The van der Waals surface area contributed by atoms with Gasteiger partial charge in [0.05, 0.1) is 12.3 Å². The van der Waals surface area contributed by atoms with Gasteiger partial charge in [0.15, 0.2) is 0 Å². The van der Waals surface area contributed by atoms with Crippen molar-refractivity contribution in [2.75, 3.05) is 0 Å². The molecule has 0 spiro atoms. The summed E-state index contributed by atoms with van der Waals surface area (Å²) >= 11 is 0. The number of hydrogen-bond acceptors (Lipinski definition) is 2. The van der Waals surface area contributed by atoms with Gasteiger partial charge in [-0.1, -0.05) is 34.1 Å². The van der Waals surface area contributed by atoms with E-state index in [0.717, 1.165) is 30.6 Å². The van der Waals surface area contributed by atoms with Crippen LogP contribution < -0.4 is 0 Å². The van der Waals surface area contributed by atoms with Crippen molar-refractivity contribution in [3.63, 3.8) is 0 Å². The molecule has 1 unspecified atom stereocenters. The minimum absolute atomic E-state index is 0.118. The summed E-state index contributed by atoms with van der Waals surface area (Å²) in [5, 5.41) is 14.0. The zero-order valence-electron chi connectivity index (χ0n) is 11.0. The van der Waals surface area contributed by atoms with Crippen molar-refractivity contribution in [3.05, 3.63) is 17.0 Å². The lowest BCUT2D eigenvalue weighted by atomic mass is 10.1. The maximum Gasteiger partial charge on any atom is 0.0718 e. The van der Waals surface area contributed by atoms with Crippen molar-refractivity contribution in [2.24, 2.45) is 5.92 Å². The number of aromatic nitrogens is 2. The molecule has 1 heterocycles. The molecule has 92 valence electrons. The Balaban J connectivity index is 3.03. The van der Waals surface area contributed by atoms with Crippen molar-refractivity contribution < 1.29 is 5.11 Å². The molecule has 0 radical (unpaired) electrons. The zero-order chi connectivity index (χ0) is 12.1. The number of aliphatic hydroxyl groups excluding tert-OH is 1. The highest BCUT2D eigenvalue weighted by Crippen LogP contribution is 2.18. The lowest BCUT2D eigenvalue weighted by Crippen LogP contribution is -2.11. The topological polar surface area (TPSA) is 38.0 Å². The molecule has 16 heavy (non-hydrogen) atoms. The van der Waals surface area contributed by atoms with Crippen LogP contribution in [0.1, 0.15) is 51.1 Å². The van der Waals surface area contributed by atoms with E-state index in [0.29, 0.717) is 5.92 Å². The van der Waals surface area contributed by atoms with Crippen molar-refractivity contribution in [1.82, 2.24) is 9.78 Å². The molecule has 0 saturated carbocycles. The molecular weight excluding hydrogens is 200 g/mol. The Hall–Kier alpha value is -0.830. The van der Waals surface area contributed by atoms with E-state index in [-0.39, 0.29) is 6.61 Å². The summed E-state index contributed by atoms with van der Waals surface area (Å²) in [7, 11) is 0. The van der Waals surface area contributed by atoms with Crippen molar-refractivity contribution in [3.8, 4) is 0 Å². The highest BCUT2D eigenvalue weighted by atomic mass is 16.3. The molecule has 1 aromatic heterocycles. The van der Waals surface area contributed by atoms with E-state index in [4.69, 9.17) is 0 Å². The lowest BCUT2D eigenvalue weighted by Gasteiger charge is -2.11. The van der Waals surface area contributed by atoms with Gasteiger partial charge in [0, 0.05) is 17.8 Å². The molecule has 3 heteroatoms. The SMILES string of the molecule is CCc1nn(CC(C)CC)c(CC)c1CO. The molecule has 0 saturated heterocycles. The summed E-state index contributed by atoms with van der Waals surface area (Å²) in [6, 6.07) is 0. The third kappa shape index (κ3) is 2.64. The van der Waals surface area contributed by atoms with Crippen LogP contribution in [0.5, 0.6) is 0 Å². The van der Waals surface area contributed by atoms with E-state index >= 15 is 0 Å². The summed E-state index contributed by atoms with van der Waals surface area (Å²) in [6.45, 7) is 9.75. The van der Waals surface area contributed by atoms with Gasteiger partial charge >= 0.3 is 0 Å². The fraction of sp³-hybridized carbons (Fsp3) is 0.769. The Kier molecular flexibility index (Phi) is 5.00. The van der Waals surface area contributed by atoms with Crippen LogP contribution in [0.25, 0.3) is 0 Å². The van der Waals surface area contributed by atoms with E-state index in [9.17, 15) is 5.11 Å². The van der Waals surface area contributed by atoms with Gasteiger partial charge in [-0.2, -0.15) is 5.10 Å². The average Bonchev–Trinajstić information content (AvgIpc) is 2.65. The fourth-order valence-electron chi connectivity index (χ4n) is 2.03. The Morgan fingerprint density at radius 2 is 1.94 bits per heavy atom. The second kappa shape index (κ2) is 6.04. The predicted molar refractivity (Wildman–Crippen MR) is 66.4 cm³/mol. The summed E-state index contributed by atoms with van der Waals surface area (Å²) in [5.74, 6) is 0.640. The average molecular weight is 224 g/mol. The molecule has 1 rings (SSSR count). The third-order valence-corrected chi connectivity index (χ3v) is 3.26. The lowest BCUT2D eigenvalue weighted by molar-refractivity contribution is 0.279. The summed E-state index contributed by atoms with van der Waals surface area (Å²) in [5.41, 5.74) is 3.32. The fourth-order valence-corrected chi connectivity index (χ4v) is 2.03. The first-order valence-corrected chi connectivity index (χ1v) is 6.36. The zero-order valence-corrected chi connectivity index (χ0v) is 11.0. The minimum atomic E-state index is 0.118. The Morgan fingerprint density at radius 1 is 1.25 bits per heavy atom. The maximum atomic E-state index is 9.41. The van der Waals surface area contributed by atoms with E-state index < -0.39 is 0 Å². The minimum Gasteiger partial charge on any atom is -0.392 e. The van der Waals surface area contributed by atoms with Gasteiger partial charge in [-0.25, -0.2) is 0 Å². The predicted octanol–water partition coefficient (Wildman–Crippen LogP) is 2.55. The van der Waals surface area contributed by atoms with Crippen LogP contribution in [0.2, 0.25) is 0 Å². The van der Waals surface area contributed by atoms with Crippen molar-refractivity contribution >= 4 is 0 Å². The van der Waals surface area contributed by atoms with Crippen LogP contribution in [-0.4, -0.2) is 14.9 Å². The molecule has 0 bridgehead atoms. The van der Waals surface area contributed by atoms with E-state index in [1.165, 1.54) is 12.1 Å². The molecular formula is C13H24N2O. The number of rotatable bonds is 6. The normalized spacial score (nSPS) is 13.1. The number of aliphatic hydroxyl groups is 1. The number of hydrogen-bond donors (Lipinski definition) is 1. The molecule has 1 atom stereocenters. The monoisotopic (exact) mass is 224 g/mol. The van der Waals surface area contributed by atoms with Gasteiger partial charge in [0.25, 0.3) is 0 Å². The molecule has 1 aromatic rings. The standard InChI is InChI=1S/C13H24N2O/c1-5-10(4)8-15-13(7-3)11(9-16)12(6-2)14-15/h10,16H,5-9H2,1-4H3. The van der Waals surface area contributed by atoms with Gasteiger partial charge in [0.2, 0.25) is 0 Å². The molecule has 0 fully saturated rings. The highest BCUT2D eigenvalue weighted by Gasteiger charge is 2.15. The summed E-state index contributed by atoms with van der Waals surface area (Å²) in [4.78, 5) is 0. The van der Waals surface area contributed by atoms with E-state index in [2.05, 4.69) is 37.5 Å². The van der Waals surface area contributed by atoms with Crippen LogP contribution in [0, 0.1) is 5.92 Å². The second-order valence-corrected chi connectivity index (χ2v) is 4.43. The van der Waals surface area contributed by atoms with Crippen LogP contribution in [0.3, 0.4) is 0 Å². The number of nitrogens with zero attached hydrogens (tertiary/aromatic N) is 2. The first-order valence-electron chi connectivity index (χ1n) is 6.36. The largest absolute Gasteiger partial charge is 0.392 e. The first kappa shape index (κ1) is 13.2. The molecule has 0 aliphatic rings. The molecule has 0 amide bonds. The molecule has 3 nitrogen and oxygen atoms in total. The third-order valence-electron chi connectivity index (χ3n) is 3.26. The van der Waals surface area contributed by atoms with Gasteiger partial charge < -0.3 is 5.11 Å². The first-order chi connectivity index (χ1) is 7.67. The summed E-state index contributed by atoms with van der Waals surface area (Å²) in [6.07, 6.45) is 3.01. The van der Waals surface area contributed by atoms with Gasteiger partial charge in [-0.15, -0.1) is 0 Å². The summed E-state index contributed by atoms with van der Waals surface area (Å²) < 4.78 is 2.10. The van der Waals surface area contributed by atoms with Gasteiger partial charge in [0.1, 0.15) is 0 Å². The van der Waals surface area contributed by atoms with Crippen LogP contribution in [0.4, 0.5) is 0 Å². The molecule has 1 N–H and O–H groups in total. The quantitative estimate of drug-likeness (QED) is 0.806. The van der Waals surface area contributed by atoms with E-state index in [1.807, 2.05) is 0 Å².